The molecule has 0 aliphatic heterocycles. The summed E-state index contributed by atoms with van der Waals surface area (Å²) in [7, 11) is 2.17. The molecule has 0 spiro atoms. The van der Waals surface area contributed by atoms with Gasteiger partial charge in [0.15, 0.2) is 0 Å². The van der Waals surface area contributed by atoms with Gasteiger partial charge < -0.3 is 15.7 Å². The van der Waals surface area contributed by atoms with E-state index in [0.29, 0.717) is 5.92 Å². The summed E-state index contributed by atoms with van der Waals surface area (Å²) in [6.07, 6.45) is 4.33. The smallest absolute Gasteiger partial charge is 0.0546 e. The first-order chi connectivity index (χ1) is 7.49. The Labute approximate surface area is 100 Å². The van der Waals surface area contributed by atoms with Gasteiger partial charge in [0.2, 0.25) is 0 Å². The largest absolute Gasteiger partial charge is 0.393 e. The van der Waals surface area contributed by atoms with Crippen molar-refractivity contribution in [3.8, 4) is 0 Å². The molecule has 0 radical (unpaired) electrons. The van der Waals surface area contributed by atoms with E-state index in [2.05, 4.69) is 25.8 Å². The van der Waals surface area contributed by atoms with E-state index in [-0.39, 0.29) is 11.5 Å². The quantitative estimate of drug-likeness (QED) is 0.693. The minimum absolute atomic E-state index is 0.0325. The van der Waals surface area contributed by atoms with Crippen LogP contribution < -0.4 is 5.73 Å². The molecule has 3 heteroatoms. The molecule has 96 valence electrons. The number of aliphatic hydroxyl groups is 1. The molecule has 16 heavy (non-hydrogen) atoms. The highest BCUT2D eigenvalue weighted by molar-refractivity contribution is 4.83. The second-order valence-corrected chi connectivity index (χ2v) is 5.95. The molecule has 0 bridgehead atoms. The maximum absolute atomic E-state index is 9.26. The van der Waals surface area contributed by atoms with Crippen molar-refractivity contribution in [2.24, 2.45) is 17.1 Å². The number of hydrogen-bond acceptors (Lipinski definition) is 3. The van der Waals surface area contributed by atoms with Gasteiger partial charge in [-0.05, 0) is 44.2 Å². The van der Waals surface area contributed by atoms with Crippen molar-refractivity contribution < 1.29 is 5.11 Å². The number of rotatable bonds is 7. The van der Waals surface area contributed by atoms with Crippen molar-refractivity contribution in [1.29, 1.82) is 0 Å². The molecule has 1 aliphatic rings. The van der Waals surface area contributed by atoms with Crippen molar-refractivity contribution >= 4 is 0 Å². The molecule has 1 aliphatic carbocycles. The zero-order chi connectivity index (χ0) is 12.2. The van der Waals surface area contributed by atoms with E-state index in [0.717, 1.165) is 32.5 Å². The summed E-state index contributed by atoms with van der Waals surface area (Å²) < 4.78 is 0. The second-order valence-electron chi connectivity index (χ2n) is 5.95. The van der Waals surface area contributed by atoms with Crippen molar-refractivity contribution in [2.75, 3.05) is 26.7 Å². The highest BCUT2D eigenvalue weighted by atomic mass is 16.3. The Morgan fingerprint density at radius 1 is 1.44 bits per heavy atom. The molecule has 1 rings (SSSR count). The Morgan fingerprint density at radius 2 is 2.06 bits per heavy atom. The molecule has 0 saturated heterocycles. The van der Waals surface area contributed by atoms with Gasteiger partial charge in [-0.1, -0.05) is 20.3 Å². The third kappa shape index (κ3) is 4.04. The first-order valence-electron chi connectivity index (χ1n) is 6.56. The van der Waals surface area contributed by atoms with Crippen LogP contribution in [0, 0.1) is 11.3 Å². The molecule has 3 N–H and O–H groups in total. The van der Waals surface area contributed by atoms with E-state index in [4.69, 9.17) is 5.73 Å². The topological polar surface area (TPSA) is 49.5 Å². The highest BCUT2D eigenvalue weighted by Gasteiger charge is 2.30. The lowest BCUT2D eigenvalue weighted by atomic mass is 9.81. The molecule has 0 heterocycles. The lowest BCUT2D eigenvalue weighted by Crippen LogP contribution is -2.43. The van der Waals surface area contributed by atoms with Gasteiger partial charge in [-0.3, -0.25) is 0 Å². The predicted octanol–water partition coefficient (Wildman–Crippen LogP) is 1.45. The number of aliphatic hydroxyl groups excluding tert-OH is 1. The first-order valence-corrected chi connectivity index (χ1v) is 6.56. The van der Waals surface area contributed by atoms with Crippen molar-refractivity contribution in [3.63, 3.8) is 0 Å². The molecule has 0 aromatic heterocycles. The molecule has 3 nitrogen and oxygen atoms in total. The van der Waals surface area contributed by atoms with E-state index in [1.54, 1.807) is 0 Å². The summed E-state index contributed by atoms with van der Waals surface area (Å²) in [6, 6.07) is 0. The molecule has 0 aromatic rings. The maximum atomic E-state index is 9.26. The number of nitrogens with zero attached hydrogens (tertiary/aromatic N) is 1. The van der Waals surface area contributed by atoms with Gasteiger partial charge in [0.25, 0.3) is 0 Å². The first kappa shape index (κ1) is 13.9. The van der Waals surface area contributed by atoms with E-state index < -0.39 is 0 Å². The summed E-state index contributed by atoms with van der Waals surface area (Å²) >= 11 is 0. The predicted molar refractivity (Wildman–Crippen MR) is 68.3 cm³/mol. The summed E-state index contributed by atoms with van der Waals surface area (Å²) in [4.78, 5) is 2.39. The van der Waals surface area contributed by atoms with E-state index >= 15 is 0 Å². The normalized spacial score (nSPS) is 28.9. The van der Waals surface area contributed by atoms with Gasteiger partial charge in [-0.25, -0.2) is 0 Å². The van der Waals surface area contributed by atoms with E-state index in [9.17, 15) is 5.11 Å². The Kier molecular flexibility index (Phi) is 5.22. The van der Waals surface area contributed by atoms with Crippen LogP contribution in [0.25, 0.3) is 0 Å². The second kappa shape index (κ2) is 5.99. The molecular weight excluding hydrogens is 200 g/mol. The third-order valence-corrected chi connectivity index (χ3v) is 3.78. The van der Waals surface area contributed by atoms with Gasteiger partial charge >= 0.3 is 0 Å². The maximum Gasteiger partial charge on any atom is 0.0546 e. The molecule has 1 saturated carbocycles. The van der Waals surface area contributed by atoms with Crippen LogP contribution in [0.4, 0.5) is 0 Å². The summed E-state index contributed by atoms with van der Waals surface area (Å²) in [5.74, 6) is 0.698. The third-order valence-electron chi connectivity index (χ3n) is 3.78. The fourth-order valence-electron chi connectivity index (χ4n) is 2.86. The van der Waals surface area contributed by atoms with Gasteiger partial charge in [-0.15, -0.1) is 0 Å². The molecular formula is C13H28N2O. The number of nitrogens with two attached hydrogens (primary N) is 1. The standard InChI is InChI=1S/C13H28N2O/c1-4-5-13(2,9-14)10-15(3)8-11-6-12(16)7-11/h11-12,16H,4-10,14H2,1-3H3. The van der Waals surface area contributed by atoms with Crippen LogP contribution in [0.1, 0.15) is 39.5 Å². The Balaban J connectivity index is 2.28. The Hall–Kier alpha value is -0.120. The van der Waals surface area contributed by atoms with E-state index in [1.165, 1.54) is 12.8 Å². The van der Waals surface area contributed by atoms with Gasteiger partial charge in [0.1, 0.15) is 0 Å². The minimum atomic E-state index is -0.0325. The van der Waals surface area contributed by atoms with Crippen molar-refractivity contribution in [2.45, 2.75) is 45.6 Å². The molecule has 1 atom stereocenters. The van der Waals surface area contributed by atoms with Gasteiger partial charge in [0, 0.05) is 13.1 Å². The SMILES string of the molecule is CCCC(C)(CN)CN(C)CC1CC(O)C1. The average Bonchev–Trinajstić information content (AvgIpc) is 2.15. The Morgan fingerprint density at radius 3 is 2.50 bits per heavy atom. The highest BCUT2D eigenvalue weighted by Crippen LogP contribution is 2.29. The molecule has 0 aromatic carbocycles. The van der Waals surface area contributed by atoms with Crippen LogP contribution in [-0.2, 0) is 0 Å². The van der Waals surface area contributed by atoms with Crippen molar-refractivity contribution in [1.82, 2.24) is 4.90 Å². The van der Waals surface area contributed by atoms with Crippen LogP contribution in [0.2, 0.25) is 0 Å². The zero-order valence-corrected chi connectivity index (χ0v) is 11.1. The minimum Gasteiger partial charge on any atom is -0.393 e. The summed E-state index contributed by atoms with van der Waals surface area (Å²) in [6.45, 7) is 7.44. The summed E-state index contributed by atoms with van der Waals surface area (Å²) in [5.41, 5.74) is 6.13. The zero-order valence-electron chi connectivity index (χ0n) is 11.1. The van der Waals surface area contributed by atoms with Gasteiger partial charge in [0.05, 0.1) is 6.10 Å². The van der Waals surface area contributed by atoms with Crippen LogP contribution in [-0.4, -0.2) is 42.8 Å². The fourth-order valence-corrected chi connectivity index (χ4v) is 2.86. The molecule has 1 unspecified atom stereocenters. The molecule has 1 fully saturated rings. The Bertz CT molecular complexity index is 204. The van der Waals surface area contributed by atoms with Crippen LogP contribution >= 0.6 is 0 Å². The lowest BCUT2D eigenvalue weighted by Gasteiger charge is -2.38. The van der Waals surface area contributed by atoms with Crippen LogP contribution in [0.15, 0.2) is 0 Å². The molecule has 0 amide bonds. The number of hydrogen-bond donors (Lipinski definition) is 2. The van der Waals surface area contributed by atoms with E-state index in [1.807, 2.05) is 0 Å². The fraction of sp³-hybridized carbons (Fsp3) is 1.00. The summed E-state index contributed by atoms with van der Waals surface area (Å²) in [5, 5.41) is 9.26. The van der Waals surface area contributed by atoms with Crippen molar-refractivity contribution in [3.05, 3.63) is 0 Å². The average molecular weight is 228 g/mol. The van der Waals surface area contributed by atoms with Crippen LogP contribution in [0.3, 0.4) is 0 Å². The van der Waals surface area contributed by atoms with Crippen LogP contribution in [0.5, 0.6) is 0 Å². The monoisotopic (exact) mass is 228 g/mol. The van der Waals surface area contributed by atoms with Gasteiger partial charge in [-0.2, -0.15) is 0 Å². The lowest BCUT2D eigenvalue weighted by molar-refractivity contribution is 0.0225.